The van der Waals surface area contributed by atoms with Crippen LogP contribution in [-0.4, -0.2) is 31.9 Å². The van der Waals surface area contributed by atoms with Gasteiger partial charge in [-0.1, -0.05) is 25.1 Å². The van der Waals surface area contributed by atoms with Crippen LogP contribution in [0.5, 0.6) is 5.75 Å². The number of aromatic hydroxyl groups is 1. The van der Waals surface area contributed by atoms with E-state index < -0.39 is 0 Å². The third-order valence-electron chi connectivity index (χ3n) is 3.02. The molecule has 0 aliphatic rings. The Labute approximate surface area is 109 Å². The Bertz CT molecular complexity index is 379. The molecule has 0 fully saturated rings. The van der Waals surface area contributed by atoms with Crippen LogP contribution in [-0.2, 0) is 11.2 Å². The number of nitrogens with one attached hydrogen (secondary N) is 1. The van der Waals surface area contributed by atoms with Gasteiger partial charge in [0.15, 0.2) is 0 Å². The molecule has 0 saturated heterocycles. The Morgan fingerprint density at radius 3 is 2.89 bits per heavy atom. The van der Waals surface area contributed by atoms with Gasteiger partial charge in [-0.3, -0.25) is 0 Å². The highest BCUT2D eigenvalue weighted by Gasteiger charge is 2.20. The molecule has 1 unspecified atom stereocenters. The first-order valence-corrected chi connectivity index (χ1v) is 6.21. The molecule has 3 heteroatoms. The highest BCUT2D eigenvalue weighted by atomic mass is 16.5. The summed E-state index contributed by atoms with van der Waals surface area (Å²) in [6.45, 7) is 8.46. The van der Waals surface area contributed by atoms with Crippen molar-refractivity contribution in [1.29, 1.82) is 0 Å². The summed E-state index contributed by atoms with van der Waals surface area (Å²) in [5.41, 5.74) is 1.09. The SMILES string of the molecule is C=CC(C)(CNCCOC)Cc1cccc(O)c1. The van der Waals surface area contributed by atoms with Crippen molar-refractivity contribution in [2.45, 2.75) is 13.3 Å². The van der Waals surface area contributed by atoms with E-state index >= 15 is 0 Å². The van der Waals surface area contributed by atoms with E-state index in [9.17, 15) is 5.11 Å². The van der Waals surface area contributed by atoms with E-state index in [1.165, 1.54) is 0 Å². The molecule has 3 nitrogen and oxygen atoms in total. The smallest absolute Gasteiger partial charge is 0.115 e. The first kappa shape index (κ1) is 14.7. The standard InChI is InChI=1S/C15H23NO2/c1-4-15(2,12-16-8-9-18-3)11-13-6-5-7-14(17)10-13/h4-7,10,16-17H,1,8-9,11-12H2,2-3H3. The Morgan fingerprint density at radius 1 is 1.50 bits per heavy atom. The molecule has 0 aromatic heterocycles. The van der Waals surface area contributed by atoms with Crippen molar-refractivity contribution in [3.63, 3.8) is 0 Å². The molecule has 1 atom stereocenters. The van der Waals surface area contributed by atoms with E-state index in [4.69, 9.17) is 4.74 Å². The second kappa shape index (κ2) is 7.19. The number of rotatable bonds is 8. The van der Waals surface area contributed by atoms with E-state index in [1.807, 2.05) is 18.2 Å². The maximum absolute atomic E-state index is 9.47. The number of methoxy groups -OCH3 is 1. The summed E-state index contributed by atoms with van der Waals surface area (Å²) in [4.78, 5) is 0. The van der Waals surface area contributed by atoms with Gasteiger partial charge in [0.25, 0.3) is 0 Å². The van der Waals surface area contributed by atoms with E-state index in [-0.39, 0.29) is 5.41 Å². The minimum Gasteiger partial charge on any atom is -0.508 e. The molecule has 100 valence electrons. The summed E-state index contributed by atoms with van der Waals surface area (Å²) in [6, 6.07) is 7.38. The predicted octanol–water partition coefficient (Wildman–Crippen LogP) is 2.36. The minimum atomic E-state index is -0.0263. The fraction of sp³-hybridized carbons (Fsp3) is 0.467. The summed E-state index contributed by atoms with van der Waals surface area (Å²) >= 11 is 0. The van der Waals surface area contributed by atoms with Crippen LogP contribution in [0.1, 0.15) is 12.5 Å². The van der Waals surface area contributed by atoms with Crippen LogP contribution in [0.25, 0.3) is 0 Å². The van der Waals surface area contributed by atoms with Crippen LogP contribution in [0.2, 0.25) is 0 Å². The molecule has 0 spiro atoms. The number of phenolic OH excluding ortho intramolecular Hbond substituents is 1. The molecule has 0 aliphatic heterocycles. The van der Waals surface area contributed by atoms with Gasteiger partial charge in [-0.2, -0.15) is 0 Å². The molecule has 1 aromatic carbocycles. The minimum absolute atomic E-state index is 0.0263. The first-order valence-electron chi connectivity index (χ1n) is 6.21. The molecular weight excluding hydrogens is 226 g/mol. The van der Waals surface area contributed by atoms with Crippen molar-refractivity contribution in [3.8, 4) is 5.75 Å². The molecule has 0 saturated carbocycles. The zero-order valence-corrected chi connectivity index (χ0v) is 11.3. The molecule has 0 heterocycles. The molecule has 0 aliphatic carbocycles. The summed E-state index contributed by atoms with van der Waals surface area (Å²) in [5, 5.41) is 12.8. The van der Waals surface area contributed by atoms with Crippen LogP contribution < -0.4 is 5.32 Å². The summed E-state index contributed by atoms with van der Waals surface area (Å²) < 4.78 is 5.00. The van der Waals surface area contributed by atoms with Crippen LogP contribution >= 0.6 is 0 Å². The van der Waals surface area contributed by atoms with E-state index in [0.29, 0.717) is 12.4 Å². The van der Waals surface area contributed by atoms with Gasteiger partial charge < -0.3 is 15.2 Å². The lowest BCUT2D eigenvalue weighted by Gasteiger charge is -2.26. The zero-order chi connectivity index (χ0) is 13.4. The number of benzene rings is 1. The molecule has 0 radical (unpaired) electrons. The second-order valence-electron chi connectivity index (χ2n) is 4.87. The predicted molar refractivity (Wildman–Crippen MR) is 74.9 cm³/mol. The third kappa shape index (κ3) is 4.90. The van der Waals surface area contributed by atoms with Gasteiger partial charge in [-0.25, -0.2) is 0 Å². The maximum Gasteiger partial charge on any atom is 0.115 e. The molecule has 2 N–H and O–H groups in total. The van der Waals surface area contributed by atoms with Gasteiger partial charge in [0, 0.05) is 25.6 Å². The van der Waals surface area contributed by atoms with Gasteiger partial charge in [0.2, 0.25) is 0 Å². The average molecular weight is 249 g/mol. The van der Waals surface area contributed by atoms with E-state index in [2.05, 4.69) is 18.8 Å². The number of hydrogen-bond acceptors (Lipinski definition) is 3. The quantitative estimate of drug-likeness (QED) is 0.549. The first-order chi connectivity index (χ1) is 8.59. The van der Waals surface area contributed by atoms with Crippen molar-refractivity contribution < 1.29 is 9.84 Å². The molecular formula is C15H23NO2. The Morgan fingerprint density at radius 2 is 2.28 bits per heavy atom. The van der Waals surface area contributed by atoms with Gasteiger partial charge >= 0.3 is 0 Å². The van der Waals surface area contributed by atoms with Crippen LogP contribution in [0, 0.1) is 5.41 Å². The van der Waals surface area contributed by atoms with Gasteiger partial charge in [-0.15, -0.1) is 6.58 Å². The molecule has 1 aromatic rings. The van der Waals surface area contributed by atoms with Gasteiger partial charge in [-0.05, 0) is 24.1 Å². The molecule has 18 heavy (non-hydrogen) atoms. The summed E-state index contributed by atoms with van der Waals surface area (Å²) in [7, 11) is 1.70. The van der Waals surface area contributed by atoms with Gasteiger partial charge in [0.1, 0.15) is 5.75 Å². The van der Waals surface area contributed by atoms with Gasteiger partial charge in [0.05, 0.1) is 6.61 Å². The van der Waals surface area contributed by atoms with Crippen molar-refractivity contribution in [3.05, 3.63) is 42.5 Å². The van der Waals surface area contributed by atoms with Crippen molar-refractivity contribution >= 4 is 0 Å². The fourth-order valence-corrected chi connectivity index (χ4v) is 1.89. The second-order valence-corrected chi connectivity index (χ2v) is 4.87. The Hall–Kier alpha value is -1.32. The number of phenols is 1. The molecule has 1 rings (SSSR count). The topological polar surface area (TPSA) is 41.5 Å². The van der Waals surface area contributed by atoms with E-state index in [0.717, 1.165) is 25.1 Å². The average Bonchev–Trinajstić information content (AvgIpc) is 2.35. The normalized spacial score (nSPS) is 14.1. The Balaban J connectivity index is 2.56. The summed E-state index contributed by atoms with van der Waals surface area (Å²) in [6.07, 6.45) is 2.82. The van der Waals surface area contributed by atoms with Crippen LogP contribution in [0.15, 0.2) is 36.9 Å². The lowest BCUT2D eigenvalue weighted by molar-refractivity contribution is 0.196. The van der Waals surface area contributed by atoms with Crippen molar-refractivity contribution in [2.24, 2.45) is 5.41 Å². The monoisotopic (exact) mass is 249 g/mol. The fourth-order valence-electron chi connectivity index (χ4n) is 1.89. The van der Waals surface area contributed by atoms with Crippen LogP contribution in [0.3, 0.4) is 0 Å². The maximum atomic E-state index is 9.47. The number of ether oxygens (including phenoxy) is 1. The van der Waals surface area contributed by atoms with E-state index in [1.54, 1.807) is 19.2 Å². The third-order valence-corrected chi connectivity index (χ3v) is 3.02. The van der Waals surface area contributed by atoms with Crippen molar-refractivity contribution in [1.82, 2.24) is 5.32 Å². The van der Waals surface area contributed by atoms with Crippen LogP contribution in [0.4, 0.5) is 0 Å². The lowest BCUT2D eigenvalue weighted by atomic mass is 9.83. The zero-order valence-electron chi connectivity index (χ0n) is 11.3. The molecule has 0 bridgehead atoms. The largest absolute Gasteiger partial charge is 0.508 e. The summed E-state index contributed by atoms with van der Waals surface area (Å²) in [5.74, 6) is 0.311. The highest BCUT2D eigenvalue weighted by molar-refractivity contribution is 5.28. The highest BCUT2D eigenvalue weighted by Crippen LogP contribution is 2.24. The lowest BCUT2D eigenvalue weighted by Crippen LogP contribution is -2.33. The number of hydrogen-bond donors (Lipinski definition) is 2. The van der Waals surface area contributed by atoms with Crippen molar-refractivity contribution in [2.75, 3.05) is 26.8 Å². The molecule has 0 amide bonds. The Kier molecular flexibility index (Phi) is 5.89.